The maximum absolute atomic E-state index is 13.7. The minimum absolute atomic E-state index is 0.210. The monoisotopic (exact) mass is 276 g/mol. The topological polar surface area (TPSA) is 38.0 Å². The van der Waals surface area contributed by atoms with E-state index in [4.69, 9.17) is 17.4 Å². The summed E-state index contributed by atoms with van der Waals surface area (Å²) in [4.78, 5) is 0. The van der Waals surface area contributed by atoms with E-state index < -0.39 is 11.6 Å². The van der Waals surface area contributed by atoms with Crippen molar-refractivity contribution >= 4 is 11.6 Å². The average molecular weight is 277 g/mol. The van der Waals surface area contributed by atoms with E-state index in [1.54, 1.807) is 0 Å². The third kappa shape index (κ3) is 4.19. The average Bonchev–Trinajstić information content (AvgIpc) is 2.35. The van der Waals surface area contributed by atoms with Gasteiger partial charge in [0.1, 0.15) is 11.6 Å². The molecule has 1 unspecified atom stereocenters. The zero-order chi connectivity index (χ0) is 13.5. The molecule has 1 aromatic rings. The van der Waals surface area contributed by atoms with Gasteiger partial charge in [0.05, 0.1) is 5.02 Å². The van der Waals surface area contributed by atoms with Crippen LogP contribution in [0.25, 0.3) is 0 Å². The summed E-state index contributed by atoms with van der Waals surface area (Å²) in [6, 6.07) is 1.72. The van der Waals surface area contributed by atoms with E-state index in [9.17, 15) is 8.78 Å². The highest BCUT2D eigenvalue weighted by atomic mass is 35.5. The molecule has 1 atom stereocenters. The van der Waals surface area contributed by atoms with Crippen molar-refractivity contribution < 1.29 is 8.78 Å². The smallest absolute Gasteiger partial charge is 0.142 e. The molecule has 0 saturated carbocycles. The predicted octanol–water partition coefficient (Wildman–Crippen LogP) is 4.09. The first-order valence-corrected chi connectivity index (χ1v) is 6.58. The molecule has 0 radical (unpaired) electrons. The lowest BCUT2D eigenvalue weighted by Crippen LogP contribution is -2.28. The second-order valence-electron chi connectivity index (χ2n) is 4.36. The van der Waals surface area contributed by atoms with Crippen LogP contribution < -0.4 is 11.3 Å². The van der Waals surface area contributed by atoms with E-state index in [-0.39, 0.29) is 16.6 Å². The minimum Gasteiger partial charge on any atom is -0.271 e. The molecule has 0 saturated heterocycles. The zero-order valence-corrected chi connectivity index (χ0v) is 11.2. The molecule has 0 bridgehead atoms. The van der Waals surface area contributed by atoms with Gasteiger partial charge in [-0.15, -0.1) is 0 Å². The van der Waals surface area contributed by atoms with Crippen LogP contribution >= 0.6 is 11.6 Å². The van der Waals surface area contributed by atoms with Crippen molar-refractivity contribution in [3.8, 4) is 0 Å². The summed E-state index contributed by atoms with van der Waals surface area (Å²) >= 11 is 5.51. The number of nitrogens with one attached hydrogen (secondary N) is 1. The molecule has 5 heteroatoms. The SMILES string of the molecule is CCCCCCC(NN)c1cc(F)c(Cl)cc1F. The van der Waals surface area contributed by atoms with Crippen molar-refractivity contribution in [2.75, 3.05) is 0 Å². The van der Waals surface area contributed by atoms with Crippen molar-refractivity contribution in [2.45, 2.75) is 45.1 Å². The van der Waals surface area contributed by atoms with Gasteiger partial charge in [0.15, 0.2) is 0 Å². The van der Waals surface area contributed by atoms with Crippen LogP contribution in [0.4, 0.5) is 8.78 Å². The molecule has 1 aromatic carbocycles. The molecule has 0 heterocycles. The number of nitrogens with two attached hydrogens (primary N) is 1. The van der Waals surface area contributed by atoms with Gasteiger partial charge in [-0.1, -0.05) is 44.2 Å². The quantitative estimate of drug-likeness (QED) is 0.341. The van der Waals surface area contributed by atoms with E-state index >= 15 is 0 Å². The number of benzene rings is 1. The second kappa shape index (κ2) is 7.67. The Morgan fingerprint density at radius 3 is 2.56 bits per heavy atom. The Balaban J connectivity index is 2.72. The normalized spacial score (nSPS) is 12.7. The van der Waals surface area contributed by atoms with Crippen LogP contribution in [0.1, 0.15) is 50.6 Å². The molecule has 0 fully saturated rings. The van der Waals surface area contributed by atoms with Crippen molar-refractivity contribution in [1.82, 2.24) is 5.43 Å². The summed E-state index contributed by atoms with van der Waals surface area (Å²) in [5.74, 6) is 4.25. The predicted molar refractivity (Wildman–Crippen MR) is 70.2 cm³/mol. The molecule has 1 rings (SSSR count). The molecular weight excluding hydrogens is 258 g/mol. The zero-order valence-electron chi connectivity index (χ0n) is 10.5. The van der Waals surface area contributed by atoms with Crippen molar-refractivity contribution in [3.05, 3.63) is 34.4 Å². The molecular formula is C13H19ClF2N2. The maximum atomic E-state index is 13.7. The lowest BCUT2D eigenvalue weighted by molar-refractivity contribution is 0.457. The van der Waals surface area contributed by atoms with E-state index in [0.717, 1.165) is 37.8 Å². The Labute approximate surface area is 111 Å². The van der Waals surface area contributed by atoms with Crippen molar-refractivity contribution in [1.29, 1.82) is 0 Å². The lowest BCUT2D eigenvalue weighted by atomic mass is 10.00. The highest BCUT2D eigenvalue weighted by Gasteiger charge is 2.16. The molecule has 0 spiro atoms. The van der Waals surface area contributed by atoms with Gasteiger partial charge in [-0.2, -0.15) is 0 Å². The van der Waals surface area contributed by atoms with Crippen LogP contribution in [0.3, 0.4) is 0 Å². The lowest BCUT2D eigenvalue weighted by Gasteiger charge is -2.17. The molecule has 3 N–H and O–H groups in total. The summed E-state index contributed by atoms with van der Waals surface area (Å²) in [6.07, 6.45) is 4.92. The van der Waals surface area contributed by atoms with Gasteiger partial charge in [-0.3, -0.25) is 11.3 Å². The number of hydrogen-bond acceptors (Lipinski definition) is 2. The van der Waals surface area contributed by atoms with Crippen LogP contribution in [0.2, 0.25) is 5.02 Å². The number of hydrazine groups is 1. The number of rotatable bonds is 7. The summed E-state index contributed by atoms with van der Waals surface area (Å²) in [5, 5.41) is -0.210. The van der Waals surface area contributed by atoms with Crippen LogP contribution in [0.5, 0.6) is 0 Å². The summed E-state index contributed by atoms with van der Waals surface area (Å²) in [6.45, 7) is 2.12. The third-order valence-electron chi connectivity index (χ3n) is 2.96. The van der Waals surface area contributed by atoms with Gasteiger partial charge >= 0.3 is 0 Å². The van der Waals surface area contributed by atoms with Crippen molar-refractivity contribution in [2.24, 2.45) is 5.84 Å². The number of hydrogen-bond donors (Lipinski definition) is 2. The fourth-order valence-electron chi connectivity index (χ4n) is 1.91. The van der Waals surface area contributed by atoms with E-state index in [2.05, 4.69) is 12.3 Å². The Hall–Kier alpha value is -0.710. The minimum atomic E-state index is -0.623. The highest BCUT2D eigenvalue weighted by Crippen LogP contribution is 2.26. The van der Waals surface area contributed by atoms with Crippen LogP contribution in [0.15, 0.2) is 12.1 Å². The van der Waals surface area contributed by atoms with Gasteiger partial charge in [0.25, 0.3) is 0 Å². The third-order valence-corrected chi connectivity index (χ3v) is 3.25. The first kappa shape index (κ1) is 15.3. The van der Waals surface area contributed by atoms with E-state index in [0.29, 0.717) is 6.42 Å². The first-order valence-electron chi connectivity index (χ1n) is 6.20. The fourth-order valence-corrected chi connectivity index (χ4v) is 2.06. The first-order chi connectivity index (χ1) is 8.60. The van der Waals surface area contributed by atoms with Gasteiger partial charge in [-0.05, 0) is 18.6 Å². The highest BCUT2D eigenvalue weighted by molar-refractivity contribution is 6.30. The summed E-state index contributed by atoms with van der Waals surface area (Å²) in [7, 11) is 0. The Morgan fingerprint density at radius 1 is 1.22 bits per heavy atom. The summed E-state index contributed by atoms with van der Waals surface area (Å²) < 4.78 is 27.0. The largest absolute Gasteiger partial charge is 0.271 e. The van der Waals surface area contributed by atoms with Crippen molar-refractivity contribution in [3.63, 3.8) is 0 Å². The van der Waals surface area contributed by atoms with Crippen LogP contribution in [0, 0.1) is 11.6 Å². The van der Waals surface area contributed by atoms with Crippen LogP contribution in [-0.4, -0.2) is 0 Å². The number of halogens is 3. The Bertz CT molecular complexity index is 385. The molecule has 0 aliphatic rings. The van der Waals surface area contributed by atoms with Gasteiger partial charge < -0.3 is 0 Å². The summed E-state index contributed by atoms with van der Waals surface area (Å²) in [5.41, 5.74) is 2.77. The molecule has 18 heavy (non-hydrogen) atoms. The molecule has 2 nitrogen and oxygen atoms in total. The Kier molecular flexibility index (Phi) is 6.54. The fraction of sp³-hybridized carbons (Fsp3) is 0.538. The molecule has 0 aromatic heterocycles. The van der Waals surface area contributed by atoms with E-state index in [1.807, 2.05) is 0 Å². The molecule has 102 valence electrons. The van der Waals surface area contributed by atoms with Gasteiger partial charge in [0.2, 0.25) is 0 Å². The van der Waals surface area contributed by atoms with E-state index in [1.165, 1.54) is 0 Å². The number of unbranched alkanes of at least 4 members (excludes halogenated alkanes) is 3. The molecule has 0 amide bonds. The molecule has 0 aliphatic carbocycles. The second-order valence-corrected chi connectivity index (χ2v) is 4.76. The molecule has 0 aliphatic heterocycles. The standard InChI is InChI=1S/C13H19ClF2N2/c1-2-3-4-5-6-13(18-17)9-7-12(16)10(14)8-11(9)15/h7-8,13,18H,2-6,17H2,1H3. The Morgan fingerprint density at radius 2 is 1.94 bits per heavy atom. The maximum Gasteiger partial charge on any atom is 0.142 e. The van der Waals surface area contributed by atoms with Gasteiger partial charge in [-0.25, -0.2) is 8.78 Å². The van der Waals surface area contributed by atoms with Crippen LogP contribution in [-0.2, 0) is 0 Å². The van der Waals surface area contributed by atoms with Gasteiger partial charge in [0, 0.05) is 11.6 Å².